The molecule has 0 aliphatic heterocycles. The molecule has 2 rings (SSSR count). The minimum absolute atomic E-state index is 0.0680. The predicted octanol–water partition coefficient (Wildman–Crippen LogP) is 3.02. The highest BCUT2D eigenvalue weighted by Gasteiger charge is 2.20. The summed E-state index contributed by atoms with van der Waals surface area (Å²) in [6.45, 7) is 0. The topological polar surface area (TPSA) is 92.7 Å². The van der Waals surface area contributed by atoms with E-state index in [0.29, 0.717) is 10.2 Å². The maximum Gasteiger partial charge on any atom is 0.336 e. The van der Waals surface area contributed by atoms with Gasteiger partial charge in [0.1, 0.15) is 9.96 Å². The molecule has 112 valence electrons. The number of methoxy groups -OCH3 is 1. The molecule has 2 N–H and O–H groups in total. The lowest BCUT2D eigenvalue weighted by Gasteiger charge is -2.11. The van der Waals surface area contributed by atoms with E-state index in [-0.39, 0.29) is 15.5 Å². The molecule has 0 saturated heterocycles. The lowest BCUT2D eigenvalue weighted by molar-refractivity contribution is 0.0697. The van der Waals surface area contributed by atoms with Gasteiger partial charge in [-0.1, -0.05) is 15.9 Å². The molecule has 0 aliphatic rings. The molecule has 0 aliphatic carbocycles. The van der Waals surface area contributed by atoms with Gasteiger partial charge in [-0.2, -0.15) is 0 Å². The molecule has 0 saturated carbocycles. The number of halogens is 1. The van der Waals surface area contributed by atoms with E-state index in [1.807, 2.05) is 0 Å². The number of sulfonamides is 1. The maximum absolute atomic E-state index is 12.3. The summed E-state index contributed by atoms with van der Waals surface area (Å²) in [4.78, 5) is 10.8. The molecular formula is C12H10BrNO5S2. The summed E-state index contributed by atoms with van der Waals surface area (Å²) in [5.41, 5.74) is 0.193. The Morgan fingerprint density at radius 1 is 1.38 bits per heavy atom. The van der Waals surface area contributed by atoms with Gasteiger partial charge < -0.3 is 9.84 Å². The van der Waals surface area contributed by atoms with Gasteiger partial charge in [-0.05, 0) is 24.3 Å². The van der Waals surface area contributed by atoms with Crippen LogP contribution in [0.1, 0.15) is 10.4 Å². The summed E-state index contributed by atoms with van der Waals surface area (Å²) in [6.07, 6.45) is 0. The van der Waals surface area contributed by atoms with Crippen LogP contribution in [0.5, 0.6) is 5.75 Å². The van der Waals surface area contributed by atoms with Gasteiger partial charge in [-0.25, -0.2) is 13.2 Å². The summed E-state index contributed by atoms with van der Waals surface area (Å²) < 4.78 is 32.6. The molecule has 0 unspecified atom stereocenters. The molecule has 1 heterocycles. The van der Waals surface area contributed by atoms with Crippen LogP contribution in [0.2, 0.25) is 0 Å². The van der Waals surface area contributed by atoms with Crippen molar-refractivity contribution in [3.05, 3.63) is 39.7 Å². The molecule has 21 heavy (non-hydrogen) atoms. The monoisotopic (exact) mass is 391 g/mol. The smallest absolute Gasteiger partial charge is 0.336 e. The fraction of sp³-hybridized carbons (Fsp3) is 0.0833. The van der Waals surface area contributed by atoms with Crippen LogP contribution in [-0.2, 0) is 10.0 Å². The standard InChI is InChI=1S/C12H10BrNO5S2/c1-19-10-3-2-8(13)5-9(10)14-21(17,18)11-4-7(6-20-11)12(15)16/h2-6,14H,1H3,(H,15,16). The van der Waals surface area contributed by atoms with Crippen molar-refractivity contribution >= 4 is 48.9 Å². The first kappa shape index (κ1) is 15.8. The van der Waals surface area contributed by atoms with Crippen LogP contribution in [0.25, 0.3) is 0 Å². The van der Waals surface area contributed by atoms with Crippen molar-refractivity contribution in [1.82, 2.24) is 0 Å². The fourth-order valence-electron chi connectivity index (χ4n) is 1.52. The number of carbonyl (C=O) groups is 1. The van der Waals surface area contributed by atoms with E-state index in [0.717, 1.165) is 17.4 Å². The van der Waals surface area contributed by atoms with Crippen LogP contribution >= 0.6 is 27.3 Å². The number of aromatic carboxylic acids is 1. The van der Waals surface area contributed by atoms with E-state index in [4.69, 9.17) is 9.84 Å². The number of hydrogen-bond donors (Lipinski definition) is 2. The number of hydrogen-bond acceptors (Lipinski definition) is 5. The third kappa shape index (κ3) is 3.55. The van der Waals surface area contributed by atoms with E-state index >= 15 is 0 Å². The molecule has 1 aromatic carbocycles. The number of benzene rings is 1. The molecule has 0 amide bonds. The van der Waals surface area contributed by atoms with Gasteiger partial charge in [-0.15, -0.1) is 11.3 Å². The molecule has 0 atom stereocenters. The first-order valence-corrected chi connectivity index (χ1v) is 8.67. The summed E-state index contributed by atoms with van der Waals surface area (Å²) in [5, 5.41) is 10.1. The van der Waals surface area contributed by atoms with Crippen molar-refractivity contribution in [3.8, 4) is 5.75 Å². The molecular weight excluding hydrogens is 382 g/mol. The zero-order chi connectivity index (χ0) is 15.6. The highest BCUT2D eigenvalue weighted by atomic mass is 79.9. The lowest BCUT2D eigenvalue weighted by Crippen LogP contribution is -2.12. The molecule has 9 heteroatoms. The average Bonchev–Trinajstić information content (AvgIpc) is 2.89. The van der Waals surface area contributed by atoms with Crippen LogP contribution in [0, 0.1) is 0 Å². The van der Waals surface area contributed by atoms with Crippen LogP contribution in [-0.4, -0.2) is 26.6 Å². The van der Waals surface area contributed by atoms with Gasteiger partial charge in [0.05, 0.1) is 18.4 Å². The van der Waals surface area contributed by atoms with E-state index in [1.165, 1.54) is 12.5 Å². The second kappa shape index (κ2) is 6.04. The van der Waals surface area contributed by atoms with Crippen molar-refractivity contribution in [2.75, 3.05) is 11.8 Å². The van der Waals surface area contributed by atoms with Gasteiger partial charge in [0.15, 0.2) is 0 Å². The van der Waals surface area contributed by atoms with Gasteiger partial charge in [0, 0.05) is 9.85 Å². The Morgan fingerprint density at radius 3 is 2.67 bits per heavy atom. The van der Waals surface area contributed by atoms with Gasteiger partial charge in [-0.3, -0.25) is 4.72 Å². The van der Waals surface area contributed by atoms with Crippen molar-refractivity contribution in [1.29, 1.82) is 0 Å². The number of carboxylic acid groups (broad SMARTS) is 1. The Morgan fingerprint density at radius 2 is 2.10 bits per heavy atom. The van der Waals surface area contributed by atoms with Crippen LogP contribution in [0.4, 0.5) is 5.69 Å². The normalized spacial score (nSPS) is 11.1. The maximum atomic E-state index is 12.3. The number of nitrogens with one attached hydrogen (secondary N) is 1. The van der Waals surface area contributed by atoms with Crippen molar-refractivity contribution in [2.24, 2.45) is 0 Å². The molecule has 0 spiro atoms. The van der Waals surface area contributed by atoms with Crippen LogP contribution in [0.15, 0.2) is 38.3 Å². The summed E-state index contributed by atoms with van der Waals surface area (Å²) in [6, 6.07) is 5.99. The SMILES string of the molecule is COc1ccc(Br)cc1NS(=O)(=O)c1cc(C(=O)O)cs1. The fourth-order valence-corrected chi connectivity index (χ4v) is 4.10. The Kier molecular flexibility index (Phi) is 4.55. The van der Waals surface area contributed by atoms with E-state index in [9.17, 15) is 13.2 Å². The van der Waals surface area contributed by atoms with E-state index < -0.39 is 16.0 Å². The summed E-state index contributed by atoms with van der Waals surface area (Å²) in [5.74, 6) is -0.815. The van der Waals surface area contributed by atoms with Crippen molar-refractivity contribution in [2.45, 2.75) is 4.21 Å². The third-order valence-corrected chi connectivity index (χ3v) is 5.79. The molecule has 0 radical (unpaired) electrons. The first-order valence-electron chi connectivity index (χ1n) is 5.51. The van der Waals surface area contributed by atoms with E-state index in [1.54, 1.807) is 18.2 Å². The Hall–Kier alpha value is -1.58. The largest absolute Gasteiger partial charge is 0.495 e. The minimum atomic E-state index is -3.87. The van der Waals surface area contributed by atoms with Crippen LogP contribution < -0.4 is 9.46 Å². The molecule has 0 fully saturated rings. The van der Waals surface area contributed by atoms with Crippen molar-refractivity contribution in [3.63, 3.8) is 0 Å². The third-order valence-electron chi connectivity index (χ3n) is 2.49. The number of ether oxygens (including phenoxy) is 1. The zero-order valence-electron chi connectivity index (χ0n) is 10.7. The quantitative estimate of drug-likeness (QED) is 0.816. The summed E-state index contributed by atoms with van der Waals surface area (Å²) >= 11 is 4.08. The second-order valence-electron chi connectivity index (χ2n) is 3.91. The lowest BCUT2D eigenvalue weighted by atomic mass is 10.3. The second-order valence-corrected chi connectivity index (χ2v) is 7.65. The Labute approximate surface area is 133 Å². The molecule has 0 bridgehead atoms. The van der Waals surface area contributed by atoms with Crippen LogP contribution in [0.3, 0.4) is 0 Å². The predicted molar refractivity (Wildman–Crippen MR) is 82.8 cm³/mol. The zero-order valence-corrected chi connectivity index (χ0v) is 13.9. The Bertz CT molecular complexity index is 785. The molecule has 1 aromatic heterocycles. The van der Waals surface area contributed by atoms with Gasteiger partial charge >= 0.3 is 5.97 Å². The first-order chi connectivity index (χ1) is 9.83. The number of thiophene rings is 1. The highest BCUT2D eigenvalue weighted by molar-refractivity contribution is 9.10. The van der Waals surface area contributed by atoms with Gasteiger partial charge in [0.25, 0.3) is 10.0 Å². The number of rotatable bonds is 5. The molecule has 6 nitrogen and oxygen atoms in total. The number of anilines is 1. The van der Waals surface area contributed by atoms with Gasteiger partial charge in [0.2, 0.25) is 0 Å². The van der Waals surface area contributed by atoms with Crippen molar-refractivity contribution < 1.29 is 23.1 Å². The summed E-state index contributed by atoms with van der Waals surface area (Å²) in [7, 11) is -2.45. The minimum Gasteiger partial charge on any atom is -0.495 e. The van der Waals surface area contributed by atoms with E-state index in [2.05, 4.69) is 20.7 Å². The molecule has 2 aromatic rings. The Balaban J connectivity index is 2.37. The average molecular weight is 392 g/mol. The number of carboxylic acids is 1. The highest BCUT2D eigenvalue weighted by Crippen LogP contribution is 2.31.